The number of nitrogens with one attached hydrogen (secondary N) is 2. The number of amides is 1. The molecule has 0 atom stereocenters. The minimum absolute atomic E-state index is 0.0860. The Labute approximate surface area is 124 Å². The van der Waals surface area contributed by atoms with Crippen molar-refractivity contribution in [2.75, 3.05) is 17.6 Å². The molecule has 0 saturated carbocycles. The van der Waals surface area contributed by atoms with Gasteiger partial charge in [-0.1, -0.05) is 30.3 Å². The summed E-state index contributed by atoms with van der Waals surface area (Å²) in [6.45, 7) is 0.575. The van der Waals surface area contributed by atoms with E-state index in [0.717, 1.165) is 5.56 Å². The zero-order valence-electron chi connectivity index (χ0n) is 10.6. The van der Waals surface area contributed by atoms with E-state index in [1.54, 1.807) is 6.07 Å². The molecule has 0 aliphatic carbocycles. The molecule has 1 aromatic heterocycles. The Bertz CT molecular complexity index is 570. The van der Waals surface area contributed by atoms with Crippen molar-refractivity contribution in [1.82, 2.24) is 15.3 Å². The summed E-state index contributed by atoms with van der Waals surface area (Å²) in [7, 11) is 0. The maximum absolute atomic E-state index is 11.7. The van der Waals surface area contributed by atoms with Crippen LogP contribution in [0.2, 0.25) is 0 Å². The van der Waals surface area contributed by atoms with Crippen LogP contribution in [-0.2, 0) is 11.3 Å². The van der Waals surface area contributed by atoms with Crippen LogP contribution >= 0.6 is 15.9 Å². The number of hydrogen-bond donors (Lipinski definition) is 3. The van der Waals surface area contributed by atoms with Crippen LogP contribution in [-0.4, -0.2) is 22.4 Å². The molecule has 2 aromatic rings. The number of hydrogen-bond acceptors (Lipinski definition) is 5. The molecule has 0 radical (unpaired) electrons. The molecule has 20 heavy (non-hydrogen) atoms. The predicted octanol–water partition coefficient (Wildman–Crippen LogP) is 1.55. The van der Waals surface area contributed by atoms with Gasteiger partial charge in [-0.2, -0.15) is 4.98 Å². The van der Waals surface area contributed by atoms with Gasteiger partial charge in [0.15, 0.2) is 0 Å². The van der Waals surface area contributed by atoms with Gasteiger partial charge in [-0.15, -0.1) is 0 Å². The lowest BCUT2D eigenvalue weighted by Crippen LogP contribution is -2.29. The van der Waals surface area contributed by atoms with E-state index in [0.29, 0.717) is 22.9 Å². The number of nitrogens with zero attached hydrogens (tertiary/aromatic N) is 2. The van der Waals surface area contributed by atoms with E-state index >= 15 is 0 Å². The molecule has 2 rings (SSSR count). The van der Waals surface area contributed by atoms with Crippen molar-refractivity contribution in [1.29, 1.82) is 0 Å². The quantitative estimate of drug-likeness (QED) is 0.721. The number of benzene rings is 1. The number of nitrogen functional groups attached to an aromatic ring is 1. The van der Waals surface area contributed by atoms with E-state index < -0.39 is 0 Å². The highest BCUT2D eigenvalue weighted by Crippen LogP contribution is 2.11. The van der Waals surface area contributed by atoms with Crippen molar-refractivity contribution in [3.63, 3.8) is 0 Å². The summed E-state index contributed by atoms with van der Waals surface area (Å²) in [6.07, 6.45) is 0. The fourth-order valence-electron chi connectivity index (χ4n) is 1.53. The largest absolute Gasteiger partial charge is 0.383 e. The number of carbonyl (C=O) groups excluding carboxylic acids is 1. The van der Waals surface area contributed by atoms with Crippen LogP contribution in [0.4, 0.5) is 11.8 Å². The summed E-state index contributed by atoms with van der Waals surface area (Å²) in [5.41, 5.74) is 6.62. The first-order chi connectivity index (χ1) is 9.63. The van der Waals surface area contributed by atoms with Crippen molar-refractivity contribution in [2.24, 2.45) is 0 Å². The maximum atomic E-state index is 11.7. The first-order valence-electron chi connectivity index (χ1n) is 5.98. The Kier molecular flexibility index (Phi) is 4.89. The topological polar surface area (TPSA) is 92.9 Å². The van der Waals surface area contributed by atoms with Gasteiger partial charge in [-0.05, 0) is 21.5 Å². The van der Waals surface area contributed by atoms with Gasteiger partial charge in [0.2, 0.25) is 11.9 Å². The average molecular weight is 336 g/mol. The molecule has 1 heterocycles. The smallest absolute Gasteiger partial charge is 0.239 e. The van der Waals surface area contributed by atoms with Crippen molar-refractivity contribution in [3.05, 3.63) is 46.6 Å². The number of halogens is 1. The average Bonchev–Trinajstić information content (AvgIpc) is 2.43. The second-order valence-corrected chi connectivity index (χ2v) is 4.87. The summed E-state index contributed by atoms with van der Waals surface area (Å²) in [4.78, 5) is 19.7. The van der Waals surface area contributed by atoms with Gasteiger partial charge in [0, 0.05) is 12.6 Å². The predicted molar refractivity (Wildman–Crippen MR) is 80.9 cm³/mol. The summed E-state index contributed by atoms with van der Waals surface area (Å²) < 4.78 is 0.567. The lowest BCUT2D eigenvalue weighted by atomic mass is 10.2. The Morgan fingerprint density at radius 2 is 2.00 bits per heavy atom. The van der Waals surface area contributed by atoms with E-state index in [1.807, 2.05) is 30.3 Å². The molecule has 0 unspecified atom stereocenters. The van der Waals surface area contributed by atoms with Crippen LogP contribution in [0.3, 0.4) is 0 Å². The fraction of sp³-hybridized carbons (Fsp3) is 0.154. The number of carbonyl (C=O) groups is 1. The highest BCUT2D eigenvalue weighted by molar-refractivity contribution is 9.10. The molecule has 4 N–H and O–H groups in total. The molecule has 6 nitrogen and oxygen atoms in total. The highest BCUT2D eigenvalue weighted by atomic mass is 79.9. The van der Waals surface area contributed by atoms with Gasteiger partial charge in [-0.25, -0.2) is 4.98 Å². The molecule has 0 saturated heterocycles. The fourth-order valence-corrected chi connectivity index (χ4v) is 1.93. The maximum Gasteiger partial charge on any atom is 0.239 e. The van der Waals surface area contributed by atoms with Gasteiger partial charge < -0.3 is 16.4 Å². The molecule has 0 fully saturated rings. The minimum Gasteiger partial charge on any atom is -0.383 e. The number of nitrogens with two attached hydrogens (primary N) is 1. The Balaban J connectivity index is 1.80. The third kappa shape index (κ3) is 4.51. The summed E-state index contributed by atoms with van der Waals surface area (Å²) >= 11 is 3.21. The third-order valence-electron chi connectivity index (χ3n) is 2.45. The SMILES string of the molecule is Nc1cc(Br)nc(NCC(=O)NCc2ccccc2)n1. The van der Waals surface area contributed by atoms with Gasteiger partial charge in [-0.3, -0.25) is 4.79 Å². The van der Waals surface area contributed by atoms with E-state index in [1.165, 1.54) is 0 Å². The van der Waals surface area contributed by atoms with Crippen LogP contribution in [0.15, 0.2) is 41.0 Å². The van der Waals surface area contributed by atoms with E-state index in [4.69, 9.17) is 5.73 Å². The highest BCUT2D eigenvalue weighted by Gasteiger charge is 2.04. The van der Waals surface area contributed by atoms with Crippen molar-refractivity contribution in [2.45, 2.75) is 6.54 Å². The molecule has 1 aromatic carbocycles. The molecule has 0 aliphatic rings. The zero-order chi connectivity index (χ0) is 14.4. The van der Waals surface area contributed by atoms with Crippen LogP contribution < -0.4 is 16.4 Å². The van der Waals surface area contributed by atoms with E-state index in [2.05, 4.69) is 36.5 Å². The Hall–Kier alpha value is -2.15. The monoisotopic (exact) mass is 335 g/mol. The van der Waals surface area contributed by atoms with Crippen LogP contribution in [0.5, 0.6) is 0 Å². The molecular formula is C13H14BrN5O. The van der Waals surface area contributed by atoms with Crippen LogP contribution in [0.25, 0.3) is 0 Å². The Morgan fingerprint density at radius 1 is 1.25 bits per heavy atom. The van der Waals surface area contributed by atoms with Crippen molar-refractivity contribution >= 4 is 33.6 Å². The second-order valence-electron chi connectivity index (χ2n) is 4.06. The number of anilines is 2. The normalized spacial score (nSPS) is 10.1. The molecule has 1 amide bonds. The van der Waals surface area contributed by atoms with Crippen LogP contribution in [0.1, 0.15) is 5.56 Å². The minimum atomic E-state index is -0.143. The first kappa shape index (κ1) is 14.3. The zero-order valence-corrected chi connectivity index (χ0v) is 12.2. The molecule has 0 aliphatic heterocycles. The lowest BCUT2D eigenvalue weighted by Gasteiger charge is -2.07. The molecule has 7 heteroatoms. The van der Waals surface area contributed by atoms with E-state index in [-0.39, 0.29) is 12.5 Å². The summed E-state index contributed by atoms with van der Waals surface area (Å²) in [5, 5.41) is 5.62. The number of aromatic nitrogens is 2. The van der Waals surface area contributed by atoms with E-state index in [9.17, 15) is 4.79 Å². The van der Waals surface area contributed by atoms with Gasteiger partial charge >= 0.3 is 0 Å². The third-order valence-corrected chi connectivity index (χ3v) is 2.86. The van der Waals surface area contributed by atoms with Crippen LogP contribution in [0, 0.1) is 0 Å². The molecule has 104 valence electrons. The lowest BCUT2D eigenvalue weighted by molar-refractivity contribution is -0.119. The van der Waals surface area contributed by atoms with Gasteiger partial charge in [0.1, 0.15) is 10.4 Å². The second kappa shape index (κ2) is 6.85. The molecular weight excluding hydrogens is 322 g/mol. The number of rotatable bonds is 5. The molecule has 0 bridgehead atoms. The molecule has 0 spiro atoms. The van der Waals surface area contributed by atoms with Gasteiger partial charge in [0.25, 0.3) is 0 Å². The van der Waals surface area contributed by atoms with Gasteiger partial charge in [0.05, 0.1) is 6.54 Å². The Morgan fingerprint density at radius 3 is 2.70 bits per heavy atom. The first-order valence-corrected chi connectivity index (χ1v) is 6.77. The van der Waals surface area contributed by atoms with Crippen molar-refractivity contribution < 1.29 is 4.79 Å². The summed E-state index contributed by atoms with van der Waals surface area (Å²) in [6, 6.07) is 11.3. The standard InChI is InChI=1S/C13H14BrN5O/c14-10-6-11(15)19-13(18-10)17-8-12(20)16-7-9-4-2-1-3-5-9/h1-6H,7-8H2,(H,16,20)(H3,15,17,18,19). The summed E-state index contributed by atoms with van der Waals surface area (Å²) in [5.74, 6) is 0.502. The van der Waals surface area contributed by atoms with Crippen molar-refractivity contribution in [3.8, 4) is 0 Å².